The number of anilines is 1. The van der Waals surface area contributed by atoms with Gasteiger partial charge in [0.25, 0.3) is 5.91 Å². The van der Waals surface area contributed by atoms with Crippen molar-refractivity contribution >= 4 is 17.3 Å². The lowest BCUT2D eigenvalue weighted by molar-refractivity contribution is -0.118. The number of hydrogen-bond acceptors (Lipinski definition) is 3. The van der Waals surface area contributed by atoms with Crippen molar-refractivity contribution in [3.63, 3.8) is 0 Å². The monoisotopic (exact) mass is 308 g/mol. The zero-order valence-electron chi connectivity index (χ0n) is 13.4. The van der Waals surface area contributed by atoms with Crippen LogP contribution in [0.3, 0.4) is 0 Å². The van der Waals surface area contributed by atoms with E-state index in [1.54, 1.807) is 6.08 Å². The van der Waals surface area contributed by atoms with E-state index in [1.165, 1.54) is 4.90 Å². The molecule has 0 fully saturated rings. The standard InChI is InChI=1S/C19H20N2O2/c1-4-6-13(7-5-2)18-15-9-12(3)8-14-10-16(22)21(19(14)15)17(23)11-20-18/h4-9,16,22H,1,10-11H2,2-3H3/b7-5-,13-6+. The lowest BCUT2D eigenvalue weighted by Gasteiger charge is -2.21. The number of hydrogen-bond donors (Lipinski definition) is 1. The van der Waals surface area contributed by atoms with E-state index in [4.69, 9.17) is 0 Å². The molecule has 0 spiro atoms. The Morgan fingerprint density at radius 2 is 2.26 bits per heavy atom. The second kappa shape index (κ2) is 5.97. The first-order chi connectivity index (χ1) is 11.1. The molecule has 1 unspecified atom stereocenters. The molecule has 2 aliphatic heterocycles. The lowest BCUT2D eigenvalue weighted by atomic mass is 9.95. The van der Waals surface area contributed by atoms with Crippen LogP contribution in [0.2, 0.25) is 0 Å². The number of carbonyl (C=O) groups is 1. The van der Waals surface area contributed by atoms with Crippen LogP contribution >= 0.6 is 0 Å². The average Bonchev–Trinajstić information content (AvgIpc) is 2.74. The molecule has 23 heavy (non-hydrogen) atoms. The highest BCUT2D eigenvalue weighted by Crippen LogP contribution is 2.38. The van der Waals surface area contributed by atoms with Gasteiger partial charge in [-0.3, -0.25) is 14.7 Å². The number of aryl methyl sites for hydroxylation is 1. The van der Waals surface area contributed by atoms with Crippen molar-refractivity contribution in [2.45, 2.75) is 26.5 Å². The second-order valence-corrected chi connectivity index (χ2v) is 5.79. The van der Waals surface area contributed by atoms with Crippen LogP contribution in [-0.4, -0.2) is 29.5 Å². The van der Waals surface area contributed by atoms with Crippen LogP contribution in [0, 0.1) is 6.92 Å². The van der Waals surface area contributed by atoms with Gasteiger partial charge in [-0.05, 0) is 25.5 Å². The Kier molecular flexibility index (Phi) is 4.01. The lowest BCUT2D eigenvalue weighted by Crippen LogP contribution is -2.38. The molecule has 0 aliphatic carbocycles. The molecule has 4 heteroatoms. The van der Waals surface area contributed by atoms with Crippen molar-refractivity contribution in [1.82, 2.24) is 0 Å². The van der Waals surface area contributed by atoms with E-state index in [-0.39, 0.29) is 12.5 Å². The third kappa shape index (κ3) is 2.55. The first kappa shape index (κ1) is 15.4. The molecule has 3 rings (SSSR count). The predicted molar refractivity (Wildman–Crippen MR) is 92.9 cm³/mol. The molecule has 0 radical (unpaired) electrons. The minimum atomic E-state index is -0.804. The van der Waals surface area contributed by atoms with Gasteiger partial charge in [0.2, 0.25) is 0 Å². The number of aliphatic imine (C=N–C) groups is 1. The van der Waals surface area contributed by atoms with Gasteiger partial charge in [0, 0.05) is 17.6 Å². The Morgan fingerprint density at radius 3 is 2.96 bits per heavy atom. The summed E-state index contributed by atoms with van der Waals surface area (Å²) in [5.74, 6) is -0.171. The maximum absolute atomic E-state index is 12.4. The molecular weight excluding hydrogens is 288 g/mol. The van der Waals surface area contributed by atoms with Crippen LogP contribution in [0.25, 0.3) is 0 Å². The number of aliphatic hydroxyl groups excluding tert-OH is 1. The predicted octanol–water partition coefficient (Wildman–Crippen LogP) is 2.69. The van der Waals surface area contributed by atoms with Crippen LogP contribution in [0.1, 0.15) is 23.6 Å². The molecule has 1 amide bonds. The van der Waals surface area contributed by atoms with Crippen LogP contribution < -0.4 is 4.90 Å². The Balaban J connectivity index is 2.27. The van der Waals surface area contributed by atoms with Crippen LogP contribution in [0.4, 0.5) is 5.69 Å². The van der Waals surface area contributed by atoms with E-state index in [0.717, 1.165) is 33.7 Å². The Labute approximate surface area is 136 Å². The van der Waals surface area contributed by atoms with Crippen molar-refractivity contribution < 1.29 is 9.90 Å². The number of amides is 1. The highest BCUT2D eigenvalue weighted by Gasteiger charge is 2.37. The normalized spacial score (nSPS) is 20.6. The largest absolute Gasteiger partial charge is 0.373 e. The smallest absolute Gasteiger partial charge is 0.250 e. The fraction of sp³-hybridized carbons (Fsp3) is 0.263. The zero-order valence-corrected chi connectivity index (χ0v) is 13.4. The first-order valence-corrected chi connectivity index (χ1v) is 7.71. The zero-order chi connectivity index (χ0) is 16.6. The Hall–Kier alpha value is -2.46. The van der Waals surface area contributed by atoms with Crippen LogP contribution in [0.5, 0.6) is 0 Å². The molecule has 2 heterocycles. The van der Waals surface area contributed by atoms with Crippen molar-refractivity contribution in [2.24, 2.45) is 4.99 Å². The average molecular weight is 308 g/mol. The summed E-state index contributed by atoms with van der Waals surface area (Å²) in [7, 11) is 0. The van der Waals surface area contributed by atoms with Crippen LogP contribution in [-0.2, 0) is 11.2 Å². The molecule has 1 atom stereocenters. The van der Waals surface area contributed by atoms with E-state index < -0.39 is 6.23 Å². The van der Waals surface area contributed by atoms with Gasteiger partial charge in [-0.1, -0.05) is 42.5 Å². The summed E-state index contributed by atoms with van der Waals surface area (Å²) in [5, 5.41) is 10.3. The maximum atomic E-state index is 12.4. The van der Waals surface area contributed by atoms with Crippen molar-refractivity contribution in [3.8, 4) is 0 Å². The van der Waals surface area contributed by atoms with Gasteiger partial charge in [-0.25, -0.2) is 0 Å². The minimum Gasteiger partial charge on any atom is -0.373 e. The summed E-state index contributed by atoms with van der Waals surface area (Å²) in [6.07, 6.45) is 7.16. The quantitative estimate of drug-likeness (QED) is 0.873. The highest BCUT2D eigenvalue weighted by atomic mass is 16.3. The summed E-state index contributed by atoms with van der Waals surface area (Å²) in [4.78, 5) is 18.4. The minimum absolute atomic E-state index is 0.0333. The number of allylic oxidation sites excluding steroid dienone is 5. The molecule has 0 aromatic heterocycles. The summed E-state index contributed by atoms with van der Waals surface area (Å²) >= 11 is 0. The van der Waals surface area contributed by atoms with E-state index in [2.05, 4.69) is 11.6 Å². The van der Waals surface area contributed by atoms with Crippen molar-refractivity contribution in [1.29, 1.82) is 0 Å². The Morgan fingerprint density at radius 1 is 1.48 bits per heavy atom. The topological polar surface area (TPSA) is 52.9 Å². The highest BCUT2D eigenvalue weighted by molar-refractivity contribution is 6.21. The first-order valence-electron chi connectivity index (χ1n) is 7.71. The van der Waals surface area contributed by atoms with E-state index in [1.807, 2.05) is 44.2 Å². The molecule has 0 saturated heterocycles. The summed E-state index contributed by atoms with van der Waals surface area (Å²) in [6.45, 7) is 7.75. The molecule has 4 nitrogen and oxygen atoms in total. The third-order valence-corrected chi connectivity index (χ3v) is 4.09. The van der Waals surface area contributed by atoms with Gasteiger partial charge in [0.15, 0.2) is 0 Å². The molecule has 0 saturated carbocycles. The number of carbonyl (C=O) groups excluding carboxylic acids is 1. The molecular formula is C19H20N2O2. The van der Waals surface area contributed by atoms with Crippen molar-refractivity contribution in [2.75, 3.05) is 11.4 Å². The summed E-state index contributed by atoms with van der Waals surface area (Å²) in [6, 6.07) is 4.06. The molecule has 1 aromatic carbocycles. The molecule has 118 valence electrons. The molecule has 0 bridgehead atoms. The van der Waals surface area contributed by atoms with E-state index >= 15 is 0 Å². The summed E-state index contributed by atoms with van der Waals surface area (Å²) < 4.78 is 0. The maximum Gasteiger partial charge on any atom is 0.250 e. The van der Waals surface area contributed by atoms with Crippen LogP contribution in [0.15, 0.2) is 53.6 Å². The van der Waals surface area contributed by atoms with Crippen molar-refractivity contribution in [3.05, 3.63) is 65.3 Å². The molecule has 2 aliphatic rings. The van der Waals surface area contributed by atoms with Gasteiger partial charge in [-0.15, -0.1) is 0 Å². The van der Waals surface area contributed by atoms with Gasteiger partial charge in [0.05, 0.1) is 11.4 Å². The molecule has 1 aromatic rings. The van der Waals surface area contributed by atoms with Gasteiger partial charge < -0.3 is 5.11 Å². The SMILES string of the molecule is C=C/C=C(\C=C/C)C1=NCC(=O)N2c3c(cc(C)cc31)CC2O. The van der Waals surface area contributed by atoms with E-state index in [0.29, 0.717) is 6.42 Å². The summed E-state index contributed by atoms with van der Waals surface area (Å²) in [5.41, 5.74) is 5.46. The fourth-order valence-electron chi connectivity index (χ4n) is 3.28. The molecule has 1 N–H and O–H groups in total. The second-order valence-electron chi connectivity index (χ2n) is 5.79. The van der Waals surface area contributed by atoms with Gasteiger partial charge in [-0.2, -0.15) is 0 Å². The fourth-order valence-corrected chi connectivity index (χ4v) is 3.28. The van der Waals surface area contributed by atoms with Gasteiger partial charge in [0.1, 0.15) is 12.8 Å². The third-order valence-electron chi connectivity index (χ3n) is 4.09. The number of nitrogens with zero attached hydrogens (tertiary/aromatic N) is 2. The number of benzene rings is 1. The number of aliphatic hydroxyl groups is 1. The van der Waals surface area contributed by atoms with Gasteiger partial charge >= 0.3 is 0 Å². The number of rotatable bonds is 3. The van der Waals surface area contributed by atoms with E-state index in [9.17, 15) is 9.90 Å². The Bertz CT molecular complexity index is 772.